The normalized spacial score (nSPS) is 24.5. The van der Waals surface area contributed by atoms with Crippen LogP contribution in [0.1, 0.15) is 60.4 Å². The first-order chi connectivity index (χ1) is 10.8. The van der Waals surface area contributed by atoms with E-state index in [-0.39, 0.29) is 11.9 Å². The van der Waals surface area contributed by atoms with Crippen molar-refractivity contribution in [2.45, 2.75) is 56.3 Å². The lowest BCUT2D eigenvalue weighted by Gasteiger charge is -2.35. The van der Waals surface area contributed by atoms with E-state index in [2.05, 4.69) is 4.98 Å². The molecule has 1 aromatic heterocycles. The molecular weight excluding hydrogens is 282 g/mol. The summed E-state index contributed by atoms with van der Waals surface area (Å²) in [5.74, 6) is 0.735. The highest BCUT2D eigenvalue weighted by molar-refractivity contribution is 5.78. The number of aldehydes is 1. The number of carbonyl (C=O) groups excluding carboxylic acids is 1. The Hall–Kier alpha value is -1.46. The molecule has 4 rings (SSSR count). The second kappa shape index (κ2) is 5.63. The van der Waals surface area contributed by atoms with Crippen LogP contribution in [0, 0.1) is 0 Å². The van der Waals surface area contributed by atoms with E-state index in [9.17, 15) is 4.79 Å². The molecule has 0 radical (unpaired) electrons. The van der Waals surface area contributed by atoms with Crippen LogP contribution < -0.4 is 4.74 Å². The lowest BCUT2D eigenvalue weighted by atomic mass is 9.91. The zero-order valence-corrected chi connectivity index (χ0v) is 12.6. The van der Waals surface area contributed by atoms with Crippen molar-refractivity contribution in [3.63, 3.8) is 0 Å². The van der Waals surface area contributed by atoms with E-state index in [1.807, 2.05) is 0 Å². The minimum absolute atomic E-state index is 0.130. The number of carbonyl (C=O) groups is 1. The lowest BCUT2D eigenvalue weighted by Crippen LogP contribution is -2.38. The highest BCUT2D eigenvalue weighted by Crippen LogP contribution is 2.46. The van der Waals surface area contributed by atoms with Crippen molar-refractivity contribution in [3.05, 3.63) is 23.4 Å². The summed E-state index contributed by atoms with van der Waals surface area (Å²) in [5, 5.41) is 0. The van der Waals surface area contributed by atoms with Gasteiger partial charge >= 0.3 is 0 Å². The fourth-order valence-electron chi connectivity index (χ4n) is 3.54. The van der Waals surface area contributed by atoms with Gasteiger partial charge in [-0.3, -0.25) is 4.79 Å². The van der Waals surface area contributed by atoms with Crippen molar-refractivity contribution in [2.75, 3.05) is 13.2 Å². The van der Waals surface area contributed by atoms with Crippen LogP contribution in [0.25, 0.3) is 0 Å². The van der Waals surface area contributed by atoms with Gasteiger partial charge < -0.3 is 14.2 Å². The van der Waals surface area contributed by atoms with E-state index in [1.54, 1.807) is 12.3 Å². The number of hydrogen-bond donors (Lipinski definition) is 0. The molecule has 1 aliphatic heterocycles. The monoisotopic (exact) mass is 303 g/mol. The molecule has 3 aliphatic rings. The fourth-order valence-corrected chi connectivity index (χ4v) is 3.54. The van der Waals surface area contributed by atoms with E-state index < -0.39 is 0 Å². The Balaban J connectivity index is 1.47. The molecule has 1 aromatic rings. The average molecular weight is 303 g/mol. The van der Waals surface area contributed by atoms with Gasteiger partial charge in [0.25, 0.3) is 0 Å². The van der Waals surface area contributed by atoms with Gasteiger partial charge in [-0.15, -0.1) is 0 Å². The summed E-state index contributed by atoms with van der Waals surface area (Å²) >= 11 is 0. The second-order valence-electron chi connectivity index (χ2n) is 6.44. The molecule has 1 saturated heterocycles. The average Bonchev–Trinajstić information content (AvgIpc) is 3.30. The van der Waals surface area contributed by atoms with Crippen LogP contribution in [0.4, 0.5) is 0 Å². The maximum atomic E-state index is 11.3. The van der Waals surface area contributed by atoms with Crippen molar-refractivity contribution in [1.82, 2.24) is 4.98 Å². The zero-order valence-electron chi connectivity index (χ0n) is 12.6. The van der Waals surface area contributed by atoms with Gasteiger partial charge in [-0.25, -0.2) is 4.98 Å². The summed E-state index contributed by atoms with van der Waals surface area (Å²) in [7, 11) is 0. The first-order valence-electron chi connectivity index (χ1n) is 8.18. The van der Waals surface area contributed by atoms with Crippen LogP contribution in [0.2, 0.25) is 0 Å². The van der Waals surface area contributed by atoms with Gasteiger partial charge in [0.05, 0.1) is 13.2 Å². The van der Waals surface area contributed by atoms with Gasteiger partial charge in [-0.05, 0) is 37.7 Å². The van der Waals surface area contributed by atoms with Gasteiger partial charge in [0.15, 0.2) is 12.1 Å². The molecule has 0 N–H and O–H groups in total. The molecule has 2 saturated carbocycles. The Kier molecular flexibility index (Phi) is 3.62. The predicted octanol–water partition coefficient (Wildman–Crippen LogP) is 2.84. The number of aromatic nitrogens is 1. The Labute approximate surface area is 130 Å². The number of pyridine rings is 1. The minimum atomic E-state index is -0.364. The van der Waals surface area contributed by atoms with Crippen molar-refractivity contribution in [2.24, 2.45) is 0 Å². The van der Waals surface area contributed by atoms with Crippen molar-refractivity contribution < 1.29 is 19.0 Å². The summed E-state index contributed by atoms with van der Waals surface area (Å²) in [5.41, 5.74) is 1.73. The summed E-state index contributed by atoms with van der Waals surface area (Å²) < 4.78 is 17.6. The van der Waals surface area contributed by atoms with E-state index in [0.29, 0.717) is 25.0 Å². The molecule has 2 aliphatic carbocycles. The first kappa shape index (κ1) is 14.2. The number of ether oxygens (including phenoxy) is 3. The van der Waals surface area contributed by atoms with Gasteiger partial charge in [-0.2, -0.15) is 0 Å². The lowest BCUT2D eigenvalue weighted by molar-refractivity contribution is -0.186. The molecule has 0 amide bonds. The maximum Gasteiger partial charge on any atom is 0.217 e. The van der Waals surface area contributed by atoms with E-state index in [1.165, 1.54) is 0 Å². The molecule has 2 heterocycles. The largest absolute Gasteiger partial charge is 0.474 e. The van der Waals surface area contributed by atoms with Crippen molar-refractivity contribution in [1.29, 1.82) is 0 Å². The van der Waals surface area contributed by atoms with E-state index in [4.69, 9.17) is 14.2 Å². The first-order valence-corrected chi connectivity index (χ1v) is 8.18. The molecule has 22 heavy (non-hydrogen) atoms. The van der Waals surface area contributed by atoms with E-state index in [0.717, 1.165) is 55.9 Å². The molecule has 5 heteroatoms. The Morgan fingerprint density at radius 2 is 1.91 bits per heavy atom. The Morgan fingerprint density at radius 1 is 1.18 bits per heavy atom. The highest BCUT2D eigenvalue weighted by atomic mass is 16.7. The standard InChI is InChI=1S/C17H21NO4/c19-11-13-5-8-18-16(15(13)12-1-2-12)22-14-3-6-17(7-4-14)20-9-10-21-17/h5,8,11-12,14H,1-4,6-7,9-10H2. The molecule has 5 nitrogen and oxygen atoms in total. The molecule has 0 atom stereocenters. The Morgan fingerprint density at radius 3 is 2.55 bits per heavy atom. The van der Waals surface area contributed by atoms with E-state index >= 15 is 0 Å². The topological polar surface area (TPSA) is 57.7 Å². The molecule has 0 unspecified atom stereocenters. The second-order valence-corrected chi connectivity index (χ2v) is 6.44. The molecule has 0 aromatic carbocycles. The SMILES string of the molecule is O=Cc1ccnc(OC2CCC3(CC2)OCCO3)c1C1CC1. The molecule has 118 valence electrons. The molecule has 0 bridgehead atoms. The third kappa shape index (κ3) is 2.63. The Bertz CT molecular complexity index is 554. The van der Waals surface area contributed by atoms with Crippen molar-refractivity contribution >= 4 is 6.29 Å². The smallest absolute Gasteiger partial charge is 0.217 e. The number of hydrogen-bond acceptors (Lipinski definition) is 5. The van der Waals surface area contributed by atoms with Crippen LogP contribution >= 0.6 is 0 Å². The summed E-state index contributed by atoms with van der Waals surface area (Å²) in [6.45, 7) is 1.39. The van der Waals surface area contributed by atoms with Crippen LogP contribution in [0.3, 0.4) is 0 Å². The third-order valence-electron chi connectivity index (χ3n) is 4.89. The van der Waals surface area contributed by atoms with Crippen LogP contribution in [0.5, 0.6) is 5.88 Å². The molecular formula is C17H21NO4. The zero-order chi connectivity index (χ0) is 15.0. The summed E-state index contributed by atoms with van der Waals surface area (Å²) in [4.78, 5) is 15.6. The fraction of sp³-hybridized carbons (Fsp3) is 0.647. The quantitative estimate of drug-likeness (QED) is 0.801. The van der Waals surface area contributed by atoms with Crippen molar-refractivity contribution in [3.8, 4) is 5.88 Å². The van der Waals surface area contributed by atoms with Crippen LogP contribution in [0.15, 0.2) is 12.3 Å². The third-order valence-corrected chi connectivity index (χ3v) is 4.89. The van der Waals surface area contributed by atoms with Gasteiger partial charge in [0, 0.05) is 30.2 Å². The highest BCUT2D eigenvalue weighted by Gasteiger charge is 2.41. The number of rotatable bonds is 4. The summed E-state index contributed by atoms with van der Waals surface area (Å²) in [6, 6.07) is 1.78. The summed E-state index contributed by atoms with van der Waals surface area (Å²) in [6.07, 6.45) is 8.49. The van der Waals surface area contributed by atoms with Gasteiger partial charge in [0.2, 0.25) is 5.88 Å². The van der Waals surface area contributed by atoms with Gasteiger partial charge in [-0.1, -0.05) is 0 Å². The van der Waals surface area contributed by atoms with Crippen LogP contribution in [-0.4, -0.2) is 36.4 Å². The van der Waals surface area contributed by atoms with Gasteiger partial charge in [0.1, 0.15) is 6.10 Å². The number of nitrogens with zero attached hydrogens (tertiary/aromatic N) is 1. The van der Waals surface area contributed by atoms with Crippen LogP contribution in [-0.2, 0) is 9.47 Å². The molecule has 3 fully saturated rings. The predicted molar refractivity (Wildman–Crippen MR) is 79.1 cm³/mol. The molecule has 1 spiro atoms. The minimum Gasteiger partial charge on any atom is -0.474 e. The maximum absolute atomic E-state index is 11.3.